The van der Waals surface area contributed by atoms with Crippen LogP contribution in [0, 0.1) is 13.8 Å². The highest BCUT2D eigenvalue weighted by Gasteiger charge is 2.19. The molecule has 2 rings (SSSR count). The average Bonchev–Trinajstić information content (AvgIpc) is 2.59. The van der Waals surface area contributed by atoms with Crippen LogP contribution >= 0.6 is 11.8 Å². The molecule has 0 bridgehead atoms. The minimum Gasteiger partial charge on any atom is -0.201 e. The number of aromatic nitrogens is 1. The van der Waals surface area contributed by atoms with Crippen molar-refractivity contribution in [1.29, 1.82) is 0 Å². The van der Waals surface area contributed by atoms with E-state index in [9.17, 15) is 0 Å². The number of nitrogens with zero attached hydrogens (tertiary/aromatic N) is 1. The first-order chi connectivity index (χ1) is 14.3. The Balaban J connectivity index is 2.83. The highest BCUT2D eigenvalue weighted by Crippen LogP contribution is 2.33. The molecule has 22 heavy (non-hydrogen) atoms. The number of rotatable bonds is 4. The molecule has 0 fully saturated rings. The molecule has 0 unspecified atom stereocenters. The molecule has 1 nitrogen and oxygen atoms in total. The summed E-state index contributed by atoms with van der Waals surface area (Å²) >= 11 is 1.29. The van der Waals surface area contributed by atoms with Gasteiger partial charge in [-0.15, -0.1) is 11.8 Å². The van der Waals surface area contributed by atoms with Gasteiger partial charge in [0.1, 0.15) is 7.05 Å². The minimum atomic E-state index is -3.09. The highest BCUT2D eigenvalue weighted by atomic mass is 32.2. The lowest BCUT2D eigenvalue weighted by molar-refractivity contribution is -0.661. The number of benzene rings is 1. The normalized spacial score (nSPS) is 20.4. The van der Waals surface area contributed by atoms with Crippen molar-refractivity contribution < 1.29 is 18.3 Å². The Morgan fingerprint density at radius 1 is 1.23 bits per heavy atom. The lowest BCUT2D eigenvalue weighted by Gasteiger charge is -2.15. The van der Waals surface area contributed by atoms with E-state index in [-0.39, 0.29) is 16.4 Å². The SMILES string of the molecule is [2H]C([2H])([2H])c1ccc(-c2cc(SC(C)C)c(C([2H])(C([2H])([2H])[2H])C([2H])([2H])[2H])c[n+]2C)c(C)c1. The van der Waals surface area contributed by atoms with E-state index in [1.54, 1.807) is 36.7 Å². The van der Waals surface area contributed by atoms with Gasteiger partial charge >= 0.3 is 0 Å². The summed E-state index contributed by atoms with van der Waals surface area (Å²) in [6, 6.07) is 6.50. The molecule has 0 radical (unpaired) electrons. The Hall–Kier alpha value is -1.28. The number of hydrogen-bond acceptors (Lipinski definition) is 1. The van der Waals surface area contributed by atoms with Crippen molar-refractivity contribution in [3.8, 4) is 11.3 Å². The molecule has 0 aliphatic heterocycles. The van der Waals surface area contributed by atoms with Gasteiger partial charge in [0.2, 0.25) is 5.69 Å². The maximum atomic E-state index is 8.65. The van der Waals surface area contributed by atoms with Gasteiger partial charge in [-0.2, -0.15) is 0 Å². The van der Waals surface area contributed by atoms with Crippen molar-refractivity contribution in [2.24, 2.45) is 7.05 Å². The zero-order valence-electron chi connectivity index (χ0n) is 23.3. The van der Waals surface area contributed by atoms with Crippen LogP contribution < -0.4 is 4.57 Å². The van der Waals surface area contributed by atoms with Crippen LogP contribution in [0.25, 0.3) is 11.3 Å². The number of pyridine rings is 1. The largest absolute Gasteiger partial charge is 0.213 e. The molecular weight excluding hydrogens is 286 g/mol. The molecule has 1 aromatic carbocycles. The first kappa shape index (κ1) is 8.01. The fraction of sp³-hybridized carbons (Fsp3) is 0.450. The van der Waals surface area contributed by atoms with Crippen LogP contribution in [0.2, 0.25) is 0 Å². The fourth-order valence-electron chi connectivity index (χ4n) is 2.39. The van der Waals surface area contributed by atoms with Crippen molar-refractivity contribution in [3.63, 3.8) is 0 Å². The van der Waals surface area contributed by atoms with E-state index in [1.165, 1.54) is 24.0 Å². The van der Waals surface area contributed by atoms with Crippen molar-refractivity contribution in [2.75, 3.05) is 0 Å². The number of hydrogen-bond donors (Lipinski definition) is 0. The first-order valence-corrected chi connectivity index (χ1v) is 8.01. The third kappa shape index (κ3) is 3.73. The number of aryl methyl sites for hydroxylation is 3. The van der Waals surface area contributed by atoms with Gasteiger partial charge in [0, 0.05) is 41.0 Å². The summed E-state index contributed by atoms with van der Waals surface area (Å²) in [5, 5.41) is 0.00536. The van der Waals surface area contributed by atoms with Gasteiger partial charge in [-0.1, -0.05) is 45.2 Å². The second kappa shape index (κ2) is 6.87. The van der Waals surface area contributed by atoms with E-state index in [1.807, 2.05) is 13.8 Å². The third-order valence-electron chi connectivity index (χ3n) is 3.37. The Bertz CT molecular complexity index is 976. The summed E-state index contributed by atoms with van der Waals surface area (Å²) in [6.07, 6.45) is 1.41. The molecule has 0 saturated heterocycles. The predicted octanol–water partition coefficient (Wildman–Crippen LogP) is 5.42. The zero-order valence-corrected chi connectivity index (χ0v) is 14.1. The molecule has 118 valence electrons. The Labute approximate surface area is 153 Å². The van der Waals surface area contributed by atoms with Gasteiger partial charge in [0.05, 0.1) is 0 Å². The lowest BCUT2D eigenvalue weighted by Crippen LogP contribution is -2.32. The highest BCUT2D eigenvalue weighted by molar-refractivity contribution is 8.00. The molecule has 2 heteroatoms. The minimum absolute atomic E-state index is 0.00536. The summed E-state index contributed by atoms with van der Waals surface area (Å²) in [4.78, 5) is 0.398. The third-order valence-corrected chi connectivity index (χ3v) is 4.43. The summed E-state index contributed by atoms with van der Waals surface area (Å²) in [6.45, 7) is -2.83. The summed E-state index contributed by atoms with van der Waals surface area (Å²) in [5.41, 5.74) is 2.23. The molecular formula is C20H28NS+. The van der Waals surface area contributed by atoms with Crippen molar-refractivity contribution in [1.82, 2.24) is 0 Å². The summed E-state index contributed by atoms with van der Waals surface area (Å²) in [5.74, 6) is -2.81. The molecule has 1 heterocycles. The van der Waals surface area contributed by atoms with Crippen LogP contribution in [0.15, 0.2) is 35.4 Å². The Kier molecular flexibility index (Phi) is 2.50. The predicted molar refractivity (Wildman–Crippen MR) is 97.6 cm³/mol. The molecule has 0 amide bonds. The van der Waals surface area contributed by atoms with E-state index in [4.69, 9.17) is 13.7 Å². The van der Waals surface area contributed by atoms with Gasteiger partial charge in [-0.05, 0) is 31.3 Å². The molecule has 0 atom stereocenters. The van der Waals surface area contributed by atoms with Crippen LogP contribution in [-0.4, -0.2) is 5.25 Å². The van der Waals surface area contributed by atoms with Crippen LogP contribution in [0.4, 0.5) is 0 Å². The maximum absolute atomic E-state index is 8.65. The van der Waals surface area contributed by atoms with Gasteiger partial charge in [-0.25, -0.2) is 4.57 Å². The van der Waals surface area contributed by atoms with E-state index in [0.717, 1.165) is 5.56 Å². The van der Waals surface area contributed by atoms with Crippen LogP contribution in [-0.2, 0) is 7.05 Å². The second-order valence-corrected chi connectivity index (χ2v) is 7.24. The first-order valence-electron chi connectivity index (χ1n) is 12.1. The topological polar surface area (TPSA) is 3.88 Å². The van der Waals surface area contributed by atoms with E-state index in [2.05, 4.69) is 0 Å². The van der Waals surface area contributed by atoms with Gasteiger partial charge < -0.3 is 0 Å². The molecule has 0 spiro atoms. The average molecular weight is 325 g/mol. The second-order valence-electron chi connectivity index (χ2n) is 5.62. The monoisotopic (exact) mass is 324 g/mol. The Morgan fingerprint density at radius 2 is 2.00 bits per heavy atom. The van der Waals surface area contributed by atoms with Crippen molar-refractivity contribution >= 4 is 11.8 Å². The fourth-order valence-corrected chi connectivity index (χ4v) is 3.36. The van der Waals surface area contributed by atoms with Crippen molar-refractivity contribution in [2.45, 2.75) is 57.4 Å². The summed E-state index contributed by atoms with van der Waals surface area (Å²) in [7, 11) is 1.65. The van der Waals surface area contributed by atoms with Gasteiger partial charge in [0.25, 0.3) is 0 Å². The smallest absolute Gasteiger partial charge is 0.201 e. The zero-order chi connectivity index (χ0) is 24.9. The molecule has 0 aliphatic carbocycles. The van der Waals surface area contributed by atoms with Crippen LogP contribution in [0.5, 0.6) is 0 Å². The molecule has 1 aromatic heterocycles. The molecule has 0 saturated carbocycles. The Morgan fingerprint density at radius 3 is 2.59 bits per heavy atom. The van der Waals surface area contributed by atoms with Gasteiger partial charge in [0.15, 0.2) is 6.20 Å². The molecule has 0 aliphatic rings. The molecule has 2 aromatic rings. The maximum Gasteiger partial charge on any atom is 0.213 e. The summed E-state index contributed by atoms with van der Waals surface area (Å²) < 4.78 is 80.3. The molecule has 0 N–H and O–H groups in total. The van der Waals surface area contributed by atoms with Crippen LogP contribution in [0.1, 0.15) is 63.8 Å². The van der Waals surface area contributed by atoms with Gasteiger partial charge in [-0.3, -0.25) is 0 Å². The standard InChI is InChI=1S/C20H28NS/c1-13(2)18-12-21(7)19(11-20(18)22-14(3)4)17-9-8-15(5)10-16(17)6/h8-14H,1-7H3/q+1/i1D3,2D3,5D3,13D. The van der Waals surface area contributed by atoms with Crippen LogP contribution in [0.3, 0.4) is 0 Å². The van der Waals surface area contributed by atoms with E-state index >= 15 is 0 Å². The van der Waals surface area contributed by atoms with Crippen molar-refractivity contribution in [3.05, 3.63) is 47.2 Å². The number of thioether (sulfide) groups is 1. The lowest BCUT2D eigenvalue weighted by atomic mass is 10.00. The van der Waals surface area contributed by atoms with E-state index < -0.39 is 26.4 Å². The van der Waals surface area contributed by atoms with E-state index in [0.29, 0.717) is 16.2 Å². The quantitative estimate of drug-likeness (QED) is 0.536.